The summed E-state index contributed by atoms with van der Waals surface area (Å²) in [5, 5.41) is 0. The predicted molar refractivity (Wildman–Crippen MR) is 118 cm³/mol. The molecule has 1 unspecified atom stereocenters. The highest BCUT2D eigenvalue weighted by molar-refractivity contribution is 5.85. The van der Waals surface area contributed by atoms with Crippen LogP contribution in [0.25, 0.3) is 0 Å². The van der Waals surface area contributed by atoms with Gasteiger partial charge in [0.25, 0.3) is 0 Å². The normalized spacial score (nSPS) is 46.2. The van der Waals surface area contributed by atoms with Crippen LogP contribution in [-0.2, 0) is 4.79 Å². The van der Waals surface area contributed by atoms with Gasteiger partial charge in [-0.15, -0.1) is 0 Å². The van der Waals surface area contributed by atoms with Gasteiger partial charge in [0.2, 0.25) is 0 Å². The van der Waals surface area contributed by atoms with E-state index in [0.717, 1.165) is 24.2 Å². The maximum absolute atomic E-state index is 13.4. The quantitative estimate of drug-likeness (QED) is 0.450. The van der Waals surface area contributed by atoms with Crippen molar-refractivity contribution in [2.75, 3.05) is 0 Å². The fourth-order valence-electron chi connectivity index (χ4n) is 8.57. The SMILES string of the molecule is CC(C)CCC[C@@H](C)[C@H]1CC(=O)[C@H]2[C@@H]3CCC4CC=CC[C@]4(C)[C@H]3CC[C@]12C. The van der Waals surface area contributed by atoms with Gasteiger partial charge in [0, 0.05) is 12.3 Å². The van der Waals surface area contributed by atoms with E-state index in [1.54, 1.807) is 0 Å². The predicted octanol–water partition coefficient (Wildman–Crippen LogP) is 7.45. The van der Waals surface area contributed by atoms with Gasteiger partial charge in [0.05, 0.1) is 0 Å². The molecular formula is C27H44O. The Balaban J connectivity index is 1.53. The van der Waals surface area contributed by atoms with Crippen molar-refractivity contribution in [1.82, 2.24) is 0 Å². The standard InChI is InChI=1S/C27H44O/c1-18(2)9-8-10-19(3)23-17-24(28)25-21-13-12-20-11-6-7-15-26(20,4)22(21)14-16-27(23,25)5/h6-7,18-23,25H,8-17H2,1-5H3/t19-,20?,21-,22+,23-,25-,26+,27-/m1/s1. The lowest BCUT2D eigenvalue weighted by Crippen LogP contribution is -2.53. The summed E-state index contributed by atoms with van der Waals surface area (Å²) in [6.45, 7) is 12.2. The number of hydrogen-bond acceptors (Lipinski definition) is 1. The molecule has 0 aromatic heterocycles. The number of fused-ring (bicyclic) bond motifs is 5. The maximum Gasteiger partial charge on any atom is 0.137 e. The summed E-state index contributed by atoms with van der Waals surface area (Å²) >= 11 is 0. The van der Waals surface area contributed by atoms with Crippen LogP contribution in [0.5, 0.6) is 0 Å². The Bertz CT molecular complexity index is 618. The number of allylic oxidation sites excluding steroid dienone is 2. The molecule has 3 fully saturated rings. The first-order valence-electron chi connectivity index (χ1n) is 12.4. The summed E-state index contributed by atoms with van der Waals surface area (Å²) in [6.07, 6.45) is 17.6. The fraction of sp³-hybridized carbons (Fsp3) is 0.889. The molecule has 0 spiro atoms. The Morgan fingerprint density at radius 2 is 1.82 bits per heavy atom. The van der Waals surface area contributed by atoms with E-state index in [1.165, 1.54) is 57.8 Å². The second-order valence-electron chi connectivity index (χ2n) is 12.1. The Hall–Kier alpha value is -0.590. The van der Waals surface area contributed by atoms with Gasteiger partial charge in [0.1, 0.15) is 5.78 Å². The zero-order valence-electron chi connectivity index (χ0n) is 19.2. The average molecular weight is 385 g/mol. The summed E-state index contributed by atoms with van der Waals surface area (Å²) in [6, 6.07) is 0. The Kier molecular flexibility index (Phi) is 5.60. The molecule has 0 N–H and O–H groups in total. The van der Waals surface area contributed by atoms with Crippen LogP contribution in [0.15, 0.2) is 12.2 Å². The van der Waals surface area contributed by atoms with Gasteiger partial charge in [-0.2, -0.15) is 0 Å². The number of Topliss-reactive ketones (excluding diaryl/α,β-unsaturated/α-hetero) is 1. The molecule has 0 amide bonds. The van der Waals surface area contributed by atoms with E-state index in [0.29, 0.717) is 34.9 Å². The van der Waals surface area contributed by atoms with E-state index in [4.69, 9.17) is 0 Å². The minimum atomic E-state index is 0.281. The molecule has 0 aliphatic heterocycles. The maximum atomic E-state index is 13.4. The number of rotatable bonds is 5. The molecule has 3 saturated carbocycles. The molecule has 4 rings (SSSR count). The lowest BCUT2D eigenvalue weighted by molar-refractivity contribution is -0.137. The molecule has 1 heteroatoms. The van der Waals surface area contributed by atoms with Crippen LogP contribution < -0.4 is 0 Å². The van der Waals surface area contributed by atoms with Gasteiger partial charge in [-0.05, 0) is 84.9 Å². The number of hydrogen-bond donors (Lipinski definition) is 0. The van der Waals surface area contributed by atoms with Gasteiger partial charge in [-0.3, -0.25) is 4.79 Å². The van der Waals surface area contributed by atoms with Crippen molar-refractivity contribution in [1.29, 1.82) is 0 Å². The summed E-state index contributed by atoms with van der Waals surface area (Å²) in [5.41, 5.74) is 0.740. The number of carbonyl (C=O) groups excluding carboxylic acids is 1. The van der Waals surface area contributed by atoms with Crippen molar-refractivity contribution in [3.63, 3.8) is 0 Å². The Labute approximate surface area is 174 Å². The molecule has 0 saturated heterocycles. The van der Waals surface area contributed by atoms with Gasteiger partial charge in [-0.1, -0.05) is 66.0 Å². The van der Waals surface area contributed by atoms with E-state index in [1.807, 2.05) is 0 Å². The first-order chi connectivity index (χ1) is 13.3. The third-order valence-electron chi connectivity index (χ3n) is 10.2. The van der Waals surface area contributed by atoms with E-state index in [-0.39, 0.29) is 5.41 Å². The monoisotopic (exact) mass is 384 g/mol. The lowest BCUT2D eigenvalue weighted by Gasteiger charge is -2.59. The minimum absolute atomic E-state index is 0.281. The molecule has 0 radical (unpaired) electrons. The molecule has 4 aliphatic carbocycles. The molecule has 4 aliphatic rings. The zero-order valence-corrected chi connectivity index (χ0v) is 19.2. The van der Waals surface area contributed by atoms with E-state index in [2.05, 4.69) is 46.8 Å². The number of carbonyl (C=O) groups is 1. The molecule has 158 valence electrons. The highest BCUT2D eigenvalue weighted by atomic mass is 16.1. The third kappa shape index (κ3) is 3.24. The second kappa shape index (κ2) is 7.59. The van der Waals surface area contributed by atoms with Crippen LogP contribution in [0.1, 0.15) is 98.8 Å². The molecule has 8 atom stereocenters. The number of ketones is 1. The van der Waals surface area contributed by atoms with Crippen LogP contribution in [-0.4, -0.2) is 5.78 Å². The van der Waals surface area contributed by atoms with Crippen LogP contribution in [0.3, 0.4) is 0 Å². The topological polar surface area (TPSA) is 17.1 Å². The Morgan fingerprint density at radius 3 is 2.57 bits per heavy atom. The van der Waals surface area contributed by atoms with E-state index < -0.39 is 0 Å². The van der Waals surface area contributed by atoms with Crippen LogP contribution in [0.2, 0.25) is 0 Å². The summed E-state index contributed by atoms with van der Waals surface area (Å²) in [5.74, 6) is 5.48. The minimum Gasteiger partial charge on any atom is -0.299 e. The first kappa shape index (κ1) is 20.7. The summed E-state index contributed by atoms with van der Waals surface area (Å²) in [7, 11) is 0. The molecule has 0 aromatic carbocycles. The smallest absolute Gasteiger partial charge is 0.137 e. The average Bonchev–Trinajstić information content (AvgIpc) is 2.92. The van der Waals surface area contributed by atoms with Crippen molar-refractivity contribution in [2.24, 2.45) is 52.3 Å². The molecule has 0 bridgehead atoms. The van der Waals surface area contributed by atoms with E-state index >= 15 is 0 Å². The van der Waals surface area contributed by atoms with Crippen molar-refractivity contribution in [3.8, 4) is 0 Å². The van der Waals surface area contributed by atoms with Crippen molar-refractivity contribution < 1.29 is 4.79 Å². The zero-order chi connectivity index (χ0) is 20.1. The van der Waals surface area contributed by atoms with Gasteiger partial charge < -0.3 is 0 Å². The molecule has 0 aromatic rings. The summed E-state index contributed by atoms with van der Waals surface area (Å²) < 4.78 is 0. The largest absolute Gasteiger partial charge is 0.299 e. The van der Waals surface area contributed by atoms with Crippen molar-refractivity contribution in [2.45, 2.75) is 98.8 Å². The van der Waals surface area contributed by atoms with Crippen molar-refractivity contribution >= 4 is 5.78 Å². The second-order valence-corrected chi connectivity index (χ2v) is 12.1. The van der Waals surface area contributed by atoms with Crippen LogP contribution in [0.4, 0.5) is 0 Å². The van der Waals surface area contributed by atoms with Crippen LogP contribution in [0, 0.1) is 52.3 Å². The molecule has 0 heterocycles. The van der Waals surface area contributed by atoms with Gasteiger partial charge >= 0.3 is 0 Å². The fourth-order valence-corrected chi connectivity index (χ4v) is 8.57. The third-order valence-corrected chi connectivity index (χ3v) is 10.2. The first-order valence-corrected chi connectivity index (χ1v) is 12.4. The van der Waals surface area contributed by atoms with E-state index in [9.17, 15) is 4.79 Å². The molecular weight excluding hydrogens is 340 g/mol. The van der Waals surface area contributed by atoms with Gasteiger partial charge in [0.15, 0.2) is 0 Å². The lowest BCUT2D eigenvalue weighted by atomic mass is 9.45. The highest BCUT2D eigenvalue weighted by Gasteiger charge is 2.62. The molecule has 28 heavy (non-hydrogen) atoms. The van der Waals surface area contributed by atoms with Crippen LogP contribution >= 0.6 is 0 Å². The summed E-state index contributed by atoms with van der Waals surface area (Å²) in [4.78, 5) is 13.4. The van der Waals surface area contributed by atoms with Gasteiger partial charge in [-0.25, -0.2) is 0 Å². The highest BCUT2D eigenvalue weighted by Crippen LogP contribution is 2.67. The Morgan fingerprint density at radius 1 is 1.04 bits per heavy atom. The molecule has 1 nitrogen and oxygen atoms in total. The van der Waals surface area contributed by atoms with Crippen molar-refractivity contribution in [3.05, 3.63) is 12.2 Å².